The topological polar surface area (TPSA) is 0 Å². The van der Waals surface area contributed by atoms with Crippen molar-refractivity contribution in [2.45, 2.75) is 79.6 Å². The molecule has 0 aromatic rings. The number of fused-ring (bicyclic) bond motifs is 2. The molecular weight excluding hydrogens is 240 g/mol. The highest BCUT2D eigenvalue weighted by Crippen LogP contribution is 2.59. The summed E-state index contributed by atoms with van der Waals surface area (Å²) in [5.74, 6) is 1.66. The highest BCUT2D eigenvalue weighted by molar-refractivity contribution is 5.35. The lowest BCUT2D eigenvalue weighted by Gasteiger charge is -2.52. The average molecular weight is 272 g/mol. The summed E-state index contributed by atoms with van der Waals surface area (Å²) in [5, 5.41) is 0. The van der Waals surface area contributed by atoms with Crippen LogP contribution in [-0.2, 0) is 0 Å². The molecule has 0 fully saturated rings. The van der Waals surface area contributed by atoms with Gasteiger partial charge in [-0.1, -0.05) is 57.4 Å². The van der Waals surface area contributed by atoms with Gasteiger partial charge in [-0.15, -0.1) is 0 Å². The number of hydrogen-bond donors (Lipinski definition) is 0. The first-order valence-electron chi connectivity index (χ1n) is 8.76. The Morgan fingerprint density at radius 2 is 1.85 bits per heavy atom. The molecule has 3 aliphatic rings. The number of allylic oxidation sites excluding steroid dienone is 4. The Morgan fingerprint density at radius 1 is 1.10 bits per heavy atom. The highest BCUT2D eigenvalue weighted by Gasteiger charge is 2.46. The van der Waals surface area contributed by atoms with E-state index in [0.29, 0.717) is 10.8 Å². The van der Waals surface area contributed by atoms with E-state index < -0.39 is 0 Å². The summed E-state index contributed by atoms with van der Waals surface area (Å²) in [6.07, 6.45) is 12.3. The van der Waals surface area contributed by atoms with Gasteiger partial charge in [0.1, 0.15) is 0 Å². The van der Waals surface area contributed by atoms with Gasteiger partial charge in [0.25, 0.3) is 0 Å². The molecule has 0 nitrogen and oxygen atoms in total. The molecule has 0 bridgehead atoms. The smallest absolute Gasteiger partial charge is 0.00476 e. The maximum atomic E-state index is 2.60. The van der Waals surface area contributed by atoms with Gasteiger partial charge in [-0.25, -0.2) is 0 Å². The van der Waals surface area contributed by atoms with E-state index in [9.17, 15) is 0 Å². The monoisotopic (exact) mass is 272 g/mol. The van der Waals surface area contributed by atoms with E-state index in [1.54, 1.807) is 5.57 Å². The van der Waals surface area contributed by atoms with Crippen molar-refractivity contribution in [3.8, 4) is 0 Å². The van der Waals surface area contributed by atoms with Crippen molar-refractivity contribution in [3.05, 3.63) is 22.8 Å². The Hall–Kier alpha value is -0.520. The molecule has 0 heterocycles. The summed E-state index contributed by atoms with van der Waals surface area (Å²) in [6, 6.07) is 0. The first-order chi connectivity index (χ1) is 9.34. The number of rotatable bonds is 1. The first kappa shape index (κ1) is 14.4. The van der Waals surface area contributed by atoms with Crippen LogP contribution in [0.15, 0.2) is 22.8 Å². The van der Waals surface area contributed by atoms with E-state index in [-0.39, 0.29) is 0 Å². The molecule has 0 aromatic carbocycles. The Kier molecular flexibility index (Phi) is 3.42. The maximum absolute atomic E-state index is 2.60. The predicted octanol–water partition coefficient (Wildman–Crippen LogP) is 6.29. The van der Waals surface area contributed by atoms with E-state index in [0.717, 1.165) is 11.8 Å². The van der Waals surface area contributed by atoms with Crippen LogP contribution in [0.25, 0.3) is 0 Å². The molecule has 0 aromatic heterocycles. The largest absolute Gasteiger partial charge is 0.0842 e. The van der Waals surface area contributed by atoms with E-state index in [4.69, 9.17) is 0 Å². The van der Waals surface area contributed by atoms with E-state index in [1.165, 1.54) is 44.9 Å². The van der Waals surface area contributed by atoms with E-state index >= 15 is 0 Å². The zero-order valence-corrected chi connectivity index (χ0v) is 14.2. The Labute approximate surface area is 125 Å². The standard InChI is InChI=1S/C20H32/c1-14(2)15-10-12-20(5)16(13-15)8-9-17-18(20)7-6-11-19(17,3)4/h10,14,16H,6-9,11-13H2,1-5H3. The van der Waals surface area contributed by atoms with Gasteiger partial charge in [-0.2, -0.15) is 0 Å². The van der Waals surface area contributed by atoms with Crippen LogP contribution in [0.4, 0.5) is 0 Å². The van der Waals surface area contributed by atoms with Crippen molar-refractivity contribution in [1.82, 2.24) is 0 Å². The molecular formula is C20H32. The van der Waals surface area contributed by atoms with Crippen molar-refractivity contribution in [3.63, 3.8) is 0 Å². The van der Waals surface area contributed by atoms with Gasteiger partial charge in [0.2, 0.25) is 0 Å². The van der Waals surface area contributed by atoms with Gasteiger partial charge in [0.15, 0.2) is 0 Å². The minimum atomic E-state index is 0.476. The molecule has 0 saturated heterocycles. The second-order valence-corrected chi connectivity index (χ2v) is 8.69. The summed E-state index contributed by atoms with van der Waals surface area (Å²) >= 11 is 0. The molecule has 0 saturated carbocycles. The fraction of sp³-hybridized carbons (Fsp3) is 0.800. The first-order valence-corrected chi connectivity index (χ1v) is 8.76. The minimum Gasteiger partial charge on any atom is -0.0842 e. The van der Waals surface area contributed by atoms with Crippen molar-refractivity contribution in [2.75, 3.05) is 0 Å². The summed E-state index contributed by atoms with van der Waals surface area (Å²) < 4.78 is 0. The highest BCUT2D eigenvalue weighted by atomic mass is 14.5. The van der Waals surface area contributed by atoms with Gasteiger partial charge in [-0.3, -0.25) is 0 Å². The maximum Gasteiger partial charge on any atom is -0.00476 e. The molecule has 0 radical (unpaired) electrons. The minimum absolute atomic E-state index is 0.476. The third kappa shape index (κ3) is 2.11. The Morgan fingerprint density at radius 3 is 2.55 bits per heavy atom. The van der Waals surface area contributed by atoms with Gasteiger partial charge < -0.3 is 0 Å². The van der Waals surface area contributed by atoms with Gasteiger partial charge in [0.05, 0.1) is 0 Å². The van der Waals surface area contributed by atoms with Crippen LogP contribution in [0.1, 0.15) is 79.6 Å². The van der Waals surface area contributed by atoms with Crippen molar-refractivity contribution >= 4 is 0 Å². The second-order valence-electron chi connectivity index (χ2n) is 8.69. The summed E-state index contributed by atoms with van der Waals surface area (Å²) in [7, 11) is 0. The van der Waals surface area contributed by atoms with Crippen molar-refractivity contribution < 1.29 is 0 Å². The molecule has 0 heteroatoms. The summed E-state index contributed by atoms with van der Waals surface area (Å²) in [4.78, 5) is 0. The van der Waals surface area contributed by atoms with Crippen LogP contribution >= 0.6 is 0 Å². The molecule has 112 valence electrons. The molecule has 0 spiro atoms. The molecule has 0 N–H and O–H groups in total. The molecule has 20 heavy (non-hydrogen) atoms. The van der Waals surface area contributed by atoms with Crippen LogP contribution in [0.3, 0.4) is 0 Å². The summed E-state index contributed by atoms with van der Waals surface area (Å²) in [5.41, 5.74) is 6.42. The van der Waals surface area contributed by atoms with E-state index in [2.05, 4.69) is 40.7 Å². The lowest BCUT2D eigenvalue weighted by Crippen LogP contribution is -2.40. The summed E-state index contributed by atoms with van der Waals surface area (Å²) in [6.45, 7) is 12.3. The SMILES string of the molecule is CC(C)C1=CCC2(C)C3=C(CCC2C1)C(C)(C)CCC3. The van der Waals surface area contributed by atoms with Crippen LogP contribution in [0, 0.1) is 22.7 Å². The van der Waals surface area contributed by atoms with Gasteiger partial charge in [0, 0.05) is 0 Å². The quantitative estimate of drug-likeness (QED) is 0.492. The molecule has 3 rings (SSSR count). The van der Waals surface area contributed by atoms with Crippen LogP contribution < -0.4 is 0 Å². The van der Waals surface area contributed by atoms with E-state index in [1.807, 2.05) is 11.1 Å². The molecule has 0 amide bonds. The lowest BCUT2D eigenvalue weighted by molar-refractivity contribution is 0.155. The second kappa shape index (κ2) is 4.75. The fourth-order valence-corrected chi connectivity index (χ4v) is 5.22. The molecule has 3 aliphatic carbocycles. The van der Waals surface area contributed by atoms with Gasteiger partial charge in [-0.05, 0) is 67.6 Å². The lowest BCUT2D eigenvalue weighted by atomic mass is 9.53. The van der Waals surface area contributed by atoms with Crippen molar-refractivity contribution in [2.24, 2.45) is 22.7 Å². The fourth-order valence-electron chi connectivity index (χ4n) is 5.22. The van der Waals surface area contributed by atoms with Crippen LogP contribution in [-0.4, -0.2) is 0 Å². The third-order valence-electron chi connectivity index (χ3n) is 6.75. The Bertz CT molecular complexity index is 460. The van der Waals surface area contributed by atoms with Gasteiger partial charge >= 0.3 is 0 Å². The van der Waals surface area contributed by atoms with Crippen LogP contribution in [0.5, 0.6) is 0 Å². The Balaban J connectivity index is 1.99. The normalized spacial score (nSPS) is 36.5. The molecule has 2 unspecified atom stereocenters. The molecule has 0 aliphatic heterocycles. The number of hydrogen-bond acceptors (Lipinski definition) is 0. The third-order valence-corrected chi connectivity index (χ3v) is 6.75. The molecule has 2 atom stereocenters. The predicted molar refractivity (Wildman–Crippen MR) is 87.6 cm³/mol. The van der Waals surface area contributed by atoms with Crippen molar-refractivity contribution in [1.29, 1.82) is 0 Å². The average Bonchev–Trinajstić information content (AvgIpc) is 2.37. The van der Waals surface area contributed by atoms with Crippen LogP contribution in [0.2, 0.25) is 0 Å². The zero-order chi connectivity index (χ0) is 14.5. The zero-order valence-electron chi connectivity index (χ0n) is 14.2.